The first-order valence-corrected chi connectivity index (χ1v) is 10.4. The van der Waals surface area contributed by atoms with E-state index in [1.54, 1.807) is 18.2 Å². The molecule has 1 amide bonds. The molecule has 170 valence electrons. The Hall–Kier alpha value is -3.95. The number of aliphatic hydroxyl groups is 1. The Morgan fingerprint density at radius 3 is 2.58 bits per heavy atom. The first kappa shape index (κ1) is 23.7. The van der Waals surface area contributed by atoms with E-state index in [4.69, 9.17) is 26.9 Å². The van der Waals surface area contributed by atoms with Gasteiger partial charge in [0.1, 0.15) is 12.1 Å². The van der Waals surface area contributed by atoms with Crippen molar-refractivity contribution in [1.29, 1.82) is 0 Å². The zero-order valence-corrected chi connectivity index (χ0v) is 18.6. The number of nitrogens with zero attached hydrogens (tertiary/aromatic N) is 3. The van der Waals surface area contributed by atoms with Crippen molar-refractivity contribution in [3.8, 4) is 11.5 Å². The Kier molecular flexibility index (Phi) is 8.34. The van der Waals surface area contributed by atoms with Crippen LogP contribution in [0.5, 0.6) is 0 Å². The predicted octanol–water partition coefficient (Wildman–Crippen LogP) is 3.69. The number of carbonyl (C=O) groups is 1. The van der Waals surface area contributed by atoms with Crippen LogP contribution in [0.2, 0.25) is 5.02 Å². The van der Waals surface area contributed by atoms with Crippen LogP contribution in [0.1, 0.15) is 15.9 Å². The number of anilines is 3. The topological polar surface area (TPSA) is 139 Å². The monoisotopic (exact) mass is 466 g/mol. The first-order valence-electron chi connectivity index (χ1n) is 9.97. The van der Waals surface area contributed by atoms with E-state index in [2.05, 4.69) is 25.6 Å². The van der Waals surface area contributed by atoms with Crippen molar-refractivity contribution in [2.24, 2.45) is 0 Å². The van der Waals surface area contributed by atoms with Gasteiger partial charge in [0.05, 0.1) is 22.3 Å². The molecule has 0 atom stereocenters. The van der Waals surface area contributed by atoms with Gasteiger partial charge >= 0.3 is 0 Å². The number of nitrogens with two attached hydrogens (primary N) is 1. The molecule has 2 aromatic heterocycles. The van der Waals surface area contributed by atoms with Gasteiger partial charge in [-0.05, 0) is 30.2 Å². The summed E-state index contributed by atoms with van der Waals surface area (Å²) in [6.45, 7) is 0.240. The summed E-state index contributed by atoms with van der Waals surface area (Å²) in [5.74, 6) is 0.592. The molecule has 0 radical (unpaired) electrons. The van der Waals surface area contributed by atoms with Gasteiger partial charge in [-0.3, -0.25) is 4.79 Å². The quantitative estimate of drug-likeness (QED) is 0.337. The number of rotatable bonds is 6. The summed E-state index contributed by atoms with van der Waals surface area (Å²) in [5.41, 5.74) is 8.60. The molecule has 33 heavy (non-hydrogen) atoms. The van der Waals surface area contributed by atoms with Gasteiger partial charge in [0.2, 0.25) is 11.8 Å². The van der Waals surface area contributed by atoms with E-state index in [9.17, 15) is 4.79 Å². The molecule has 2 aromatic carbocycles. The second-order valence-electron chi connectivity index (χ2n) is 6.69. The van der Waals surface area contributed by atoms with Gasteiger partial charge in [0, 0.05) is 25.5 Å². The summed E-state index contributed by atoms with van der Waals surface area (Å²) in [6.07, 6.45) is 5.23. The Morgan fingerprint density at radius 2 is 1.97 bits per heavy atom. The molecular weight excluding hydrogens is 444 g/mol. The van der Waals surface area contributed by atoms with Crippen LogP contribution in [0, 0.1) is 0 Å². The van der Waals surface area contributed by atoms with Gasteiger partial charge in [-0.15, -0.1) is 0 Å². The molecule has 0 aliphatic carbocycles. The lowest BCUT2D eigenvalue weighted by Crippen LogP contribution is -2.18. The number of benzene rings is 2. The Labute approximate surface area is 195 Å². The number of carbonyl (C=O) groups excluding carboxylic acids is 1. The maximum atomic E-state index is 11.6. The number of amides is 1. The van der Waals surface area contributed by atoms with E-state index in [-0.39, 0.29) is 24.3 Å². The molecular formula is C23H23ClN6O3. The molecule has 0 unspecified atom stereocenters. The molecule has 0 spiro atoms. The second-order valence-corrected chi connectivity index (χ2v) is 7.09. The molecule has 9 nitrogen and oxygen atoms in total. The van der Waals surface area contributed by atoms with E-state index >= 15 is 0 Å². The van der Waals surface area contributed by atoms with Crippen LogP contribution in [-0.2, 0) is 6.42 Å². The summed E-state index contributed by atoms with van der Waals surface area (Å²) in [6, 6.07) is 14.9. The average molecular weight is 467 g/mol. The normalized spacial score (nSPS) is 10.2. The highest BCUT2D eigenvalue weighted by atomic mass is 35.5. The standard InChI is InChI=1S/C15H13ClN6O2.C8H10O/c1-18-13(23)9-3-2-8(6-11(9)16)21-15-20-7-10(12(17)22-15)14-19-4-5-24-14;9-7-6-8-4-2-1-3-5-8/h2-7H,1H3,(H,18,23)(H3,17,20,21,22);1-5,9H,6-7H2. The fourth-order valence-electron chi connectivity index (χ4n) is 2.79. The van der Waals surface area contributed by atoms with Crippen LogP contribution in [0.25, 0.3) is 11.5 Å². The fraction of sp³-hybridized carbons (Fsp3) is 0.130. The van der Waals surface area contributed by atoms with Crippen molar-refractivity contribution in [2.45, 2.75) is 6.42 Å². The number of hydrogen-bond donors (Lipinski definition) is 4. The van der Waals surface area contributed by atoms with E-state index in [1.165, 1.54) is 31.3 Å². The molecule has 5 N–H and O–H groups in total. The molecule has 0 saturated heterocycles. The minimum absolute atomic E-state index is 0.225. The summed E-state index contributed by atoms with van der Waals surface area (Å²) < 4.78 is 5.17. The van der Waals surface area contributed by atoms with Gasteiger partial charge in [-0.1, -0.05) is 41.9 Å². The third kappa shape index (κ3) is 6.52. The molecule has 0 aliphatic heterocycles. The van der Waals surface area contributed by atoms with E-state index in [0.29, 0.717) is 27.7 Å². The van der Waals surface area contributed by atoms with E-state index in [0.717, 1.165) is 6.42 Å². The van der Waals surface area contributed by atoms with Gasteiger partial charge in [0.25, 0.3) is 5.91 Å². The molecule has 0 fully saturated rings. The third-order valence-electron chi connectivity index (χ3n) is 4.42. The summed E-state index contributed by atoms with van der Waals surface area (Å²) >= 11 is 6.11. The second kappa shape index (κ2) is 11.6. The lowest BCUT2D eigenvalue weighted by Gasteiger charge is -2.09. The Bertz CT molecular complexity index is 1190. The SMILES string of the molecule is CNC(=O)c1ccc(Nc2ncc(-c3ncco3)c(N)n2)cc1Cl.OCCc1ccccc1. The summed E-state index contributed by atoms with van der Waals surface area (Å²) in [5, 5.41) is 14.3. The maximum Gasteiger partial charge on any atom is 0.252 e. The number of halogens is 1. The van der Waals surface area contributed by atoms with Crippen molar-refractivity contribution in [2.75, 3.05) is 24.7 Å². The zero-order chi connectivity index (χ0) is 23.6. The van der Waals surface area contributed by atoms with Crippen molar-refractivity contribution in [3.05, 3.63) is 83.3 Å². The van der Waals surface area contributed by atoms with Crippen LogP contribution < -0.4 is 16.4 Å². The fourth-order valence-corrected chi connectivity index (χ4v) is 3.06. The molecule has 10 heteroatoms. The third-order valence-corrected chi connectivity index (χ3v) is 4.73. The van der Waals surface area contributed by atoms with Crippen molar-refractivity contribution >= 4 is 35.0 Å². The minimum atomic E-state index is -0.262. The van der Waals surface area contributed by atoms with E-state index in [1.807, 2.05) is 30.3 Å². The molecule has 0 bridgehead atoms. The van der Waals surface area contributed by atoms with Crippen molar-refractivity contribution in [1.82, 2.24) is 20.3 Å². The van der Waals surface area contributed by atoms with Gasteiger partial charge in [0.15, 0.2) is 0 Å². The van der Waals surface area contributed by atoms with Crippen molar-refractivity contribution in [3.63, 3.8) is 0 Å². The lowest BCUT2D eigenvalue weighted by atomic mass is 10.2. The molecule has 0 saturated carbocycles. The minimum Gasteiger partial charge on any atom is -0.444 e. The average Bonchev–Trinajstić information content (AvgIpc) is 3.35. The van der Waals surface area contributed by atoms with Crippen LogP contribution >= 0.6 is 11.6 Å². The predicted molar refractivity (Wildman–Crippen MR) is 127 cm³/mol. The van der Waals surface area contributed by atoms with Gasteiger partial charge < -0.3 is 25.9 Å². The smallest absolute Gasteiger partial charge is 0.252 e. The van der Waals surface area contributed by atoms with Crippen LogP contribution in [0.3, 0.4) is 0 Å². The van der Waals surface area contributed by atoms with Gasteiger partial charge in [-0.2, -0.15) is 4.98 Å². The molecule has 4 aromatic rings. The number of aliphatic hydroxyl groups excluding tert-OH is 1. The van der Waals surface area contributed by atoms with Crippen LogP contribution in [-0.4, -0.2) is 39.6 Å². The number of nitrogens with one attached hydrogen (secondary N) is 2. The summed E-state index contributed by atoms with van der Waals surface area (Å²) in [7, 11) is 1.54. The van der Waals surface area contributed by atoms with Crippen molar-refractivity contribution < 1.29 is 14.3 Å². The largest absolute Gasteiger partial charge is 0.444 e. The highest BCUT2D eigenvalue weighted by Gasteiger charge is 2.12. The zero-order valence-electron chi connectivity index (χ0n) is 17.8. The lowest BCUT2D eigenvalue weighted by molar-refractivity contribution is 0.0963. The number of oxazole rings is 1. The Balaban J connectivity index is 0.000000286. The van der Waals surface area contributed by atoms with E-state index < -0.39 is 0 Å². The maximum absolute atomic E-state index is 11.6. The van der Waals surface area contributed by atoms with Crippen LogP contribution in [0.15, 0.2) is 71.6 Å². The molecule has 2 heterocycles. The Morgan fingerprint density at radius 1 is 1.18 bits per heavy atom. The first-order chi connectivity index (χ1) is 16.0. The number of nitrogen functional groups attached to an aromatic ring is 1. The number of hydrogen-bond acceptors (Lipinski definition) is 8. The summed E-state index contributed by atoms with van der Waals surface area (Å²) in [4.78, 5) is 24.0. The molecule has 0 aliphatic rings. The molecule has 4 rings (SSSR count). The van der Waals surface area contributed by atoms with Crippen LogP contribution in [0.4, 0.5) is 17.5 Å². The number of aromatic nitrogens is 3. The van der Waals surface area contributed by atoms with Gasteiger partial charge in [-0.25, -0.2) is 9.97 Å². The highest BCUT2D eigenvalue weighted by Crippen LogP contribution is 2.25. The highest BCUT2D eigenvalue weighted by molar-refractivity contribution is 6.34.